The number of ether oxygens (including phenoxy) is 1. The largest absolute Gasteiger partial charge is 0.517 e. The van der Waals surface area contributed by atoms with Crippen molar-refractivity contribution in [2.75, 3.05) is 0 Å². The summed E-state index contributed by atoms with van der Waals surface area (Å²) in [7, 11) is 0. The van der Waals surface area contributed by atoms with E-state index in [0.717, 1.165) is 20.9 Å². The molecule has 1 radical (unpaired) electrons. The van der Waals surface area contributed by atoms with Crippen molar-refractivity contribution in [2.24, 2.45) is 0 Å². The van der Waals surface area contributed by atoms with E-state index in [1.54, 1.807) is 4.68 Å². The fraction of sp³-hybridized carbons (Fsp3) is 0. The molecule has 2 aromatic carbocycles. The zero-order valence-electron chi connectivity index (χ0n) is 10.3. The summed E-state index contributed by atoms with van der Waals surface area (Å²) in [6.45, 7) is 0. The van der Waals surface area contributed by atoms with Crippen molar-refractivity contribution in [1.29, 1.82) is 0 Å². The number of benzene rings is 2. The van der Waals surface area contributed by atoms with Crippen LogP contribution in [0.4, 0.5) is 0 Å². The van der Waals surface area contributed by atoms with Crippen molar-refractivity contribution in [3.63, 3.8) is 0 Å². The minimum atomic E-state index is 0. The van der Waals surface area contributed by atoms with E-state index in [1.807, 2.05) is 60.8 Å². The second-order valence-electron chi connectivity index (χ2n) is 3.91. The molecule has 1 aromatic heterocycles. The van der Waals surface area contributed by atoms with Crippen molar-refractivity contribution in [3.05, 3.63) is 70.6 Å². The second-order valence-corrected chi connectivity index (χ2v) is 5.01. The van der Waals surface area contributed by atoms with Gasteiger partial charge in [-0.05, 0) is 46.5 Å². The zero-order chi connectivity index (χ0) is 13.1. The summed E-state index contributed by atoms with van der Waals surface area (Å²) in [5.41, 5.74) is 0.892. The molecule has 0 N–H and O–H groups in total. The molecule has 0 aliphatic rings. The van der Waals surface area contributed by atoms with Gasteiger partial charge >= 0.3 is 0 Å². The molecule has 0 unspecified atom stereocenters. The van der Waals surface area contributed by atoms with Crippen LogP contribution in [0.5, 0.6) is 11.5 Å². The molecule has 0 atom stereocenters. The van der Waals surface area contributed by atoms with Crippen LogP contribution < -0.4 is 4.74 Å². The standard InChI is InChI=1S/C15H10IN2O.Ir/c16-15-10-11-18(17-15)12-6-8-14(9-7-12)19-13-4-2-1-3-5-13;/h1-6,8-11H;/q-1;. The Morgan fingerprint density at radius 1 is 1.00 bits per heavy atom. The van der Waals surface area contributed by atoms with Gasteiger partial charge in [-0.15, -0.1) is 18.2 Å². The molecular weight excluding hydrogens is 543 g/mol. The molecule has 0 spiro atoms. The average Bonchev–Trinajstić information content (AvgIpc) is 2.87. The number of aromatic nitrogens is 2. The Hall–Kier alpha value is -1.17. The molecule has 0 saturated carbocycles. The van der Waals surface area contributed by atoms with Crippen LogP contribution in [-0.2, 0) is 20.1 Å². The Labute approximate surface area is 144 Å². The Bertz CT molecular complexity index is 668. The molecule has 3 aromatic rings. The van der Waals surface area contributed by atoms with Gasteiger partial charge in [-0.2, -0.15) is 11.2 Å². The van der Waals surface area contributed by atoms with Crippen LogP contribution in [0, 0.1) is 9.77 Å². The minimum absolute atomic E-state index is 0. The van der Waals surface area contributed by atoms with Crippen LogP contribution in [0.15, 0.2) is 60.8 Å². The number of hydrogen-bond acceptors (Lipinski definition) is 2. The Morgan fingerprint density at radius 2 is 1.80 bits per heavy atom. The fourth-order valence-corrected chi connectivity index (χ4v) is 2.06. The number of rotatable bonds is 3. The fourth-order valence-electron chi connectivity index (χ4n) is 1.67. The van der Waals surface area contributed by atoms with Crippen molar-refractivity contribution in [1.82, 2.24) is 9.78 Å². The number of nitrogens with zero attached hydrogens (tertiary/aromatic N) is 2. The number of para-hydroxylation sites is 1. The SMILES string of the molecule is Ic1ccn(-c2[c-]cc(Oc3ccccc3)cc2)n1.[Ir]. The summed E-state index contributed by atoms with van der Waals surface area (Å²) in [4.78, 5) is 0. The Morgan fingerprint density at radius 3 is 2.40 bits per heavy atom. The monoisotopic (exact) mass is 554 g/mol. The van der Waals surface area contributed by atoms with Crippen molar-refractivity contribution in [2.45, 2.75) is 0 Å². The van der Waals surface area contributed by atoms with E-state index in [9.17, 15) is 0 Å². The van der Waals surface area contributed by atoms with Crippen LogP contribution in [0.3, 0.4) is 0 Å². The summed E-state index contributed by atoms with van der Waals surface area (Å²) in [5, 5.41) is 4.33. The predicted octanol–water partition coefficient (Wildman–Crippen LogP) is 4.07. The summed E-state index contributed by atoms with van der Waals surface area (Å²) in [6, 6.07) is 20.5. The van der Waals surface area contributed by atoms with Crippen LogP contribution >= 0.6 is 22.6 Å². The Kier molecular flexibility index (Phi) is 5.34. The molecule has 0 saturated heterocycles. The summed E-state index contributed by atoms with van der Waals surface area (Å²) < 4.78 is 8.45. The predicted molar refractivity (Wildman–Crippen MR) is 81.6 cm³/mol. The number of hydrogen-bond donors (Lipinski definition) is 0. The van der Waals surface area contributed by atoms with Crippen molar-refractivity contribution in [3.8, 4) is 17.2 Å². The van der Waals surface area contributed by atoms with E-state index in [2.05, 4.69) is 33.8 Å². The van der Waals surface area contributed by atoms with E-state index >= 15 is 0 Å². The van der Waals surface area contributed by atoms with Gasteiger partial charge in [0.25, 0.3) is 0 Å². The van der Waals surface area contributed by atoms with E-state index in [4.69, 9.17) is 4.74 Å². The van der Waals surface area contributed by atoms with E-state index < -0.39 is 0 Å². The maximum Gasteiger partial charge on any atom is 0.123 e. The Balaban J connectivity index is 0.00000147. The summed E-state index contributed by atoms with van der Waals surface area (Å²) >= 11 is 2.18. The minimum Gasteiger partial charge on any atom is -0.517 e. The third-order valence-corrected chi connectivity index (χ3v) is 3.13. The van der Waals surface area contributed by atoms with Gasteiger partial charge in [0.15, 0.2) is 0 Å². The third kappa shape index (κ3) is 3.68. The topological polar surface area (TPSA) is 27.1 Å². The maximum absolute atomic E-state index is 5.71. The van der Waals surface area contributed by atoms with Gasteiger partial charge in [-0.1, -0.05) is 18.2 Å². The molecule has 0 fully saturated rings. The van der Waals surface area contributed by atoms with Crippen molar-refractivity contribution < 1.29 is 24.8 Å². The summed E-state index contributed by atoms with van der Waals surface area (Å²) in [5.74, 6) is 1.58. The molecule has 103 valence electrons. The number of halogens is 1. The van der Waals surface area contributed by atoms with Crippen LogP contribution in [0.25, 0.3) is 5.69 Å². The molecule has 0 bridgehead atoms. The molecule has 5 heteroatoms. The molecule has 20 heavy (non-hydrogen) atoms. The molecule has 0 aliphatic carbocycles. The van der Waals surface area contributed by atoms with Gasteiger partial charge in [0, 0.05) is 32.1 Å². The first-order chi connectivity index (χ1) is 9.31. The third-order valence-electron chi connectivity index (χ3n) is 2.55. The molecule has 1 heterocycles. The van der Waals surface area contributed by atoms with Gasteiger partial charge in [-0.25, -0.2) is 0 Å². The normalized spacial score (nSPS) is 9.85. The molecule has 3 rings (SSSR count). The van der Waals surface area contributed by atoms with E-state index in [-0.39, 0.29) is 20.1 Å². The van der Waals surface area contributed by atoms with Crippen molar-refractivity contribution >= 4 is 22.6 Å². The van der Waals surface area contributed by atoms with Crippen LogP contribution in [0.2, 0.25) is 0 Å². The smallest absolute Gasteiger partial charge is 0.123 e. The maximum atomic E-state index is 5.71. The first kappa shape index (κ1) is 15.2. The van der Waals surface area contributed by atoms with E-state index in [1.165, 1.54) is 0 Å². The average molecular weight is 553 g/mol. The first-order valence-electron chi connectivity index (χ1n) is 5.77. The quantitative estimate of drug-likeness (QED) is 0.362. The van der Waals surface area contributed by atoms with Gasteiger partial charge in [-0.3, -0.25) is 4.68 Å². The first-order valence-corrected chi connectivity index (χ1v) is 6.85. The van der Waals surface area contributed by atoms with Gasteiger partial charge < -0.3 is 4.74 Å². The van der Waals surface area contributed by atoms with Gasteiger partial charge in [0.1, 0.15) is 9.45 Å². The second kappa shape index (κ2) is 7.02. The van der Waals surface area contributed by atoms with E-state index in [0.29, 0.717) is 0 Å². The van der Waals surface area contributed by atoms with Gasteiger partial charge in [0.05, 0.1) is 0 Å². The molecular formula is C15H10IIrN2O-. The van der Waals surface area contributed by atoms with Gasteiger partial charge in [0.2, 0.25) is 0 Å². The molecule has 3 nitrogen and oxygen atoms in total. The van der Waals surface area contributed by atoms with Crippen LogP contribution in [-0.4, -0.2) is 9.78 Å². The summed E-state index contributed by atoms with van der Waals surface area (Å²) in [6.07, 6.45) is 1.91. The molecule has 0 aliphatic heterocycles. The van der Waals surface area contributed by atoms with Crippen LogP contribution in [0.1, 0.15) is 0 Å². The molecule has 0 amide bonds. The zero-order valence-corrected chi connectivity index (χ0v) is 14.8.